The Morgan fingerprint density at radius 2 is 1.61 bits per heavy atom. The van der Waals surface area contributed by atoms with E-state index in [0.717, 1.165) is 11.8 Å². The van der Waals surface area contributed by atoms with E-state index in [9.17, 15) is 9.59 Å². The number of amides is 1. The Labute approximate surface area is 191 Å². The standard InChI is InChI=1S/C27H23NO5/c29-15-19-14-26-25(32-17-33-26)13-18(19)7-5-6-12-28-27(30)31-16-24-22-10-3-1-8-20(22)21-9-2-4-11-23(21)24/h1-5,7-11,13-15,24H,6,12,16-17H2,(H,28,30). The molecule has 0 atom stereocenters. The molecule has 1 aliphatic heterocycles. The highest BCUT2D eigenvalue weighted by Gasteiger charge is 2.28. The van der Waals surface area contributed by atoms with Gasteiger partial charge in [-0.25, -0.2) is 4.79 Å². The highest BCUT2D eigenvalue weighted by molar-refractivity contribution is 5.84. The van der Waals surface area contributed by atoms with Crippen molar-refractivity contribution in [3.8, 4) is 22.6 Å². The third-order valence-electron chi connectivity index (χ3n) is 5.93. The van der Waals surface area contributed by atoms with E-state index in [1.807, 2.05) is 36.4 Å². The van der Waals surface area contributed by atoms with Crippen LogP contribution in [-0.2, 0) is 4.74 Å². The predicted molar refractivity (Wildman–Crippen MR) is 125 cm³/mol. The fraction of sp³-hybridized carbons (Fsp3) is 0.185. The molecule has 0 radical (unpaired) electrons. The van der Waals surface area contributed by atoms with Gasteiger partial charge in [-0.3, -0.25) is 4.79 Å². The maximum Gasteiger partial charge on any atom is 0.407 e. The van der Waals surface area contributed by atoms with Crippen LogP contribution in [-0.4, -0.2) is 32.3 Å². The summed E-state index contributed by atoms with van der Waals surface area (Å²) in [5, 5.41) is 2.78. The molecule has 0 bridgehead atoms. The van der Waals surface area contributed by atoms with Gasteiger partial charge in [0, 0.05) is 18.0 Å². The fourth-order valence-electron chi connectivity index (χ4n) is 4.34. The molecule has 0 unspecified atom stereocenters. The zero-order chi connectivity index (χ0) is 22.6. The average Bonchev–Trinajstić information content (AvgIpc) is 3.44. The molecule has 33 heavy (non-hydrogen) atoms. The Morgan fingerprint density at radius 1 is 0.970 bits per heavy atom. The van der Waals surface area contributed by atoms with Crippen LogP contribution in [0.5, 0.6) is 11.5 Å². The van der Waals surface area contributed by atoms with Crippen LogP contribution in [0.15, 0.2) is 66.7 Å². The highest BCUT2D eigenvalue weighted by Crippen LogP contribution is 2.44. The summed E-state index contributed by atoms with van der Waals surface area (Å²) in [5.74, 6) is 1.24. The average molecular weight is 441 g/mol. The molecule has 166 valence electrons. The number of carbonyl (C=O) groups excluding carboxylic acids is 2. The van der Waals surface area contributed by atoms with Crippen molar-refractivity contribution >= 4 is 18.5 Å². The van der Waals surface area contributed by atoms with Crippen LogP contribution in [0, 0.1) is 0 Å². The number of hydrogen-bond acceptors (Lipinski definition) is 5. The van der Waals surface area contributed by atoms with Crippen LogP contribution in [0.25, 0.3) is 17.2 Å². The van der Waals surface area contributed by atoms with Gasteiger partial charge in [-0.1, -0.05) is 60.7 Å². The van der Waals surface area contributed by atoms with Crippen LogP contribution < -0.4 is 14.8 Å². The molecule has 0 saturated heterocycles. The lowest BCUT2D eigenvalue weighted by molar-refractivity contribution is 0.112. The summed E-state index contributed by atoms with van der Waals surface area (Å²) in [6.45, 7) is 0.870. The third-order valence-corrected chi connectivity index (χ3v) is 5.93. The van der Waals surface area contributed by atoms with Gasteiger partial charge >= 0.3 is 6.09 Å². The summed E-state index contributed by atoms with van der Waals surface area (Å²) in [6, 6.07) is 19.9. The molecular weight excluding hydrogens is 418 g/mol. The maximum atomic E-state index is 12.3. The van der Waals surface area contributed by atoms with Gasteiger partial charge in [0.1, 0.15) is 6.61 Å². The van der Waals surface area contributed by atoms with E-state index in [1.54, 1.807) is 12.1 Å². The van der Waals surface area contributed by atoms with Gasteiger partial charge in [0.15, 0.2) is 17.8 Å². The summed E-state index contributed by atoms with van der Waals surface area (Å²) in [7, 11) is 0. The van der Waals surface area contributed by atoms with E-state index >= 15 is 0 Å². The number of aldehydes is 1. The monoisotopic (exact) mass is 441 g/mol. The van der Waals surface area contributed by atoms with Crippen LogP contribution in [0.1, 0.15) is 39.4 Å². The lowest BCUT2D eigenvalue weighted by Crippen LogP contribution is -2.26. The molecule has 3 aromatic rings. The quantitative estimate of drug-likeness (QED) is 0.405. The van der Waals surface area contributed by atoms with Gasteiger partial charge < -0.3 is 19.5 Å². The second kappa shape index (κ2) is 9.20. The zero-order valence-electron chi connectivity index (χ0n) is 18.0. The summed E-state index contributed by atoms with van der Waals surface area (Å²) in [5.41, 5.74) is 6.04. The number of benzene rings is 3. The molecule has 5 rings (SSSR count). The second-order valence-electron chi connectivity index (χ2n) is 7.90. The number of alkyl carbamates (subject to hydrolysis) is 1. The number of carbonyl (C=O) groups is 2. The predicted octanol–water partition coefficient (Wildman–Crippen LogP) is 5.17. The molecule has 1 N–H and O–H groups in total. The Bertz CT molecular complexity index is 1190. The number of hydrogen-bond donors (Lipinski definition) is 1. The van der Waals surface area contributed by atoms with Crippen molar-refractivity contribution in [2.24, 2.45) is 0 Å². The first-order valence-electron chi connectivity index (χ1n) is 10.9. The lowest BCUT2D eigenvalue weighted by Gasteiger charge is -2.14. The fourth-order valence-corrected chi connectivity index (χ4v) is 4.34. The Kier molecular flexibility index (Phi) is 5.81. The van der Waals surface area contributed by atoms with Crippen molar-refractivity contribution in [1.29, 1.82) is 0 Å². The Hall–Kier alpha value is -4.06. The van der Waals surface area contributed by atoms with Crippen molar-refractivity contribution in [3.63, 3.8) is 0 Å². The van der Waals surface area contributed by atoms with Crippen molar-refractivity contribution in [2.45, 2.75) is 12.3 Å². The SMILES string of the molecule is O=Cc1cc2c(cc1C=CCCNC(=O)OCC1c3ccccc3-c3ccccc31)OCO2. The van der Waals surface area contributed by atoms with Gasteiger partial charge in [-0.05, 0) is 46.4 Å². The first-order chi connectivity index (χ1) is 16.2. The van der Waals surface area contributed by atoms with Crippen molar-refractivity contribution in [1.82, 2.24) is 5.32 Å². The van der Waals surface area contributed by atoms with E-state index in [1.165, 1.54) is 22.3 Å². The third kappa shape index (κ3) is 4.20. The first kappa shape index (κ1) is 20.8. The first-order valence-corrected chi connectivity index (χ1v) is 10.9. The van der Waals surface area contributed by atoms with E-state index in [0.29, 0.717) is 30.0 Å². The number of rotatable bonds is 7. The molecule has 6 heteroatoms. The number of fused-ring (bicyclic) bond motifs is 4. The van der Waals surface area contributed by atoms with Crippen LogP contribution in [0.4, 0.5) is 4.79 Å². The molecule has 0 spiro atoms. The van der Waals surface area contributed by atoms with Gasteiger partial charge in [-0.2, -0.15) is 0 Å². The van der Waals surface area contributed by atoms with Gasteiger partial charge in [0.25, 0.3) is 0 Å². The van der Waals surface area contributed by atoms with Crippen LogP contribution in [0.3, 0.4) is 0 Å². The van der Waals surface area contributed by atoms with Gasteiger partial charge in [0.2, 0.25) is 6.79 Å². The van der Waals surface area contributed by atoms with Crippen molar-refractivity contribution in [2.75, 3.05) is 19.9 Å². The summed E-state index contributed by atoms with van der Waals surface area (Å²) >= 11 is 0. The lowest BCUT2D eigenvalue weighted by atomic mass is 9.98. The van der Waals surface area contributed by atoms with Crippen molar-refractivity contribution < 1.29 is 23.8 Å². The van der Waals surface area contributed by atoms with Crippen molar-refractivity contribution in [3.05, 3.63) is 89.0 Å². The molecular formula is C27H23NO5. The Morgan fingerprint density at radius 3 is 2.27 bits per heavy atom. The zero-order valence-corrected chi connectivity index (χ0v) is 18.0. The van der Waals surface area contributed by atoms with Crippen LogP contribution >= 0.6 is 0 Å². The number of ether oxygens (including phenoxy) is 3. The second-order valence-corrected chi connectivity index (χ2v) is 7.90. The molecule has 3 aromatic carbocycles. The minimum Gasteiger partial charge on any atom is -0.454 e. The molecule has 2 aliphatic rings. The largest absolute Gasteiger partial charge is 0.454 e. The molecule has 1 heterocycles. The summed E-state index contributed by atoms with van der Waals surface area (Å²) < 4.78 is 16.2. The van der Waals surface area contributed by atoms with Gasteiger partial charge in [-0.15, -0.1) is 0 Å². The van der Waals surface area contributed by atoms with Gasteiger partial charge in [0.05, 0.1) is 0 Å². The van der Waals surface area contributed by atoms with Crippen LogP contribution in [0.2, 0.25) is 0 Å². The molecule has 0 fully saturated rings. The number of nitrogens with one attached hydrogen (secondary N) is 1. The Balaban J connectivity index is 1.13. The minimum absolute atomic E-state index is 0.0378. The van der Waals surface area contributed by atoms with E-state index in [2.05, 4.69) is 29.6 Å². The molecule has 0 saturated carbocycles. The maximum absolute atomic E-state index is 12.3. The topological polar surface area (TPSA) is 73.9 Å². The molecule has 6 nitrogen and oxygen atoms in total. The highest BCUT2D eigenvalue weighted by atomic mass is 16.7. The van der Waals surface area contributed by atoms with E-state index in [4.69, 9.17) is 14.2 Å². The summed E-state index contributed by atoms with van der Waals surface area (Å²) in [6.07, 6.45) is 4.68. The smallest absolute Gasteiger partial charge is 0.407 e. The molecule has 1 aliphatic carbocycles. The molecule has 1 amide bonds. The summed E-state index contributed by atoms with van der Waals surface area (Å²) in [4.78, 5) is 23.6. The normalized spacial score (nSPS) is 13.6. The van der Waals surface area contributed by atoms with E-state index < -0.39 is 6.09 Å². The molecule has 0 aromatic heterocycles. The minimum atomic E-state index is -0.443. The van der Waals surface area contributed by atoms with E-state index in [-0.39, 0.29) is 19.3 Å².